The van der Waals surface area contributed by atoms with Crippen molar-refractivity contribution in [2.24, 2.45) is 5.10 Å². The number of ether oxygens (including phenoxy) is 2. The summed E-state index contributed by atoms with van der Waals surface area (Å²) >= 11 is 0. The van der Waals surface area contributed by atoms with Gasteiger partial charge in [-0.05, 0) is 75.7 Å². The van der Waals surface area contributed by atoms with Crippen molar-refractivity contribution in [1.29, 1.82) is 0 Å². The van der Waals surface area contributed by atoms with E-state index < -0.39 is 11.9 Å². The summed E-state index contributed by atoms with van der Waals surface area (Å²) in [6.07, 6.45) is 1.59. The summed E-state index contributed by atoms with van der Waals surface area (Å²) in [5, 5.41) is 4.90. The first-order valence-electron chi connectivity index (χ1n) is 11.2. The van der Waals surface area contributed by atoms with Gasteiger partial charge in [-0.3, -0.25) is 4.79 Å². The van der Waals surface area contributed by atoms with Gasteiger partial charge < -0.3 is 18.5 Å². The summed E-state index contributed by atoms with van der Waals surface area (Å²) in [5.74, 6) is 0.0313. The van der Waals surface area contributed by atoms with Gasteiger partial charge in [0.1, 0.15) is 11.3 Å². The van der Waals surface area contributed by atoms with E-state index in [1.165, 1.54) is 7.11 Å². The molecule has 0 spiro atoms. The third-order valence-electron chi connectivity index (χ3n) is 5.73. The van der Waals surface area contributed by atoms with E-state index >= 15 is 0 Å². The van der Waals surface area contributed by atoms with E-state index in [0.29, 0.717) is 23.5 Å². The zero-order chi connectivity index (χ0) is 25.1. The number of hydrogen-bond donors (Lipinski definition) is 1. The number of aromatic nitrogens is 1. The summed E-state index contributed by atoms with van der Waals surface area (Å²) in [7, 11) is 1.36. The maximum absolute atomic E-state index is 12.6. The molecule has 0 fully saturated rings. The van der Waals surface area contributed by atoms with Gasteiger partial charge in [0.05, 0.1) is 25.5 Å². The molecular formula is C27H27N3O5. The Hall–Kier alpha value is -4.33. The van der Waals surface area contributed by atoms with Gasteiger partial charge in [0, 0.05) is 28.0 Å². The fourth-order valence-electron chi connectivity index (χ4n) is 3.99. The molecule has 0 aliphatic heterocycles. The van der Waals surface area contributed by atoms with E-state index in [0.717, 1.165) is 33.6 Å². The predicted octanol–water partition coefficient (Wildman–Crippen LogP) is 5.10. The molecule has 0 radical (unpaired) electrons. The average molecular weight is 474 g/mol. The molecule has 2 aromatic carbocycles. The van der Waals surface area contributed by atoms with Crippen LogP contribution in [0.2, 0.25) is 0 Å². The van der Waals surface area contributed by atoms with E-state index in [-0.39, 0.29) is 5.76 Å². The first kappa shape index (κ1) is 23.8. The van der Waals surface area contributed by atoms with Crippen molar-refractivity contribution in [1.82, 2.24) is 9.99 Å². The van der Waals surface area contributed by atoms with Crippen molar-refractivity contribution in [3.63, 3.8) is 0 Å². The van der Waals surface area contributed by atoms with Gasteiger partial charge in [0.2, 0.25) is 0 Å². The molecule has 0 atom stereocenters. The highest BCUT2D eigenvalue weighted by Gasteiger charge is 2.15. The maximum atomic E-state index is 12.6. The zero-order valence-electron chi connectivity index (χ0n) is 20.3. The molecule has 2 heterocycles. The van der Waals surface area contributed by atoms with Gasteiger partial charge in [0.25, 0.3) is 0 Å². The van der Waals surface area contributed by atoms with Gasteiger partial charge in [-0.15, -0.1) is 0 Å². The molecule has 180 valence electrons. The second-order valence-electron chi connectivity index (χ2n) is 8.10. The van der Waals surface area contributed by atoms with Gasteiger partial charge >= 0.3 is 11.9 Å². The van der Waals surface area contributed by atoms with Crippen molar-refractivity contribution in [2.75, 3.05) is 13.7 Å². The number of methoxy groups -OCH3 is 1. The topological polar surface area (TPSA) is 95.1 Å². The Balaban J connectivity index is 1.54. The highest BCUT2D eigenvalue weighted by atomic mass is 16.5. The number of nitrogens with one attached hydrogen (secondary N) is 1. The first-order valence-corrected chi connectivity index (χ1v) is 11.2. The van der Waals surface area contributed by atoms with Gasteiger partial charge in [-0.25, -0.2) is 10.2 Å². The van der Waals surface area contributed by atoms with Crippen molar-refractivity contribution in [2.45, 2.75) is 27.7 Å². The Kier molecular flexibility index (Phi) is 6.73. The van der Waals surface area contributed by atoms with Crippen LogP contribution in [0.4, 0.5) is 0 Å². The van der Waals surface area contributed by atoms with Crippen LogP contribution in [0.5, 0.6) is 5.75 Å². The smallest absolute Gasteiger partial charge is 0.337 e. The van der Waals surface area contributed by atoms with Crippen LogP contribution in [0.1, 0.15) is 50.4 Å². The number of aryl methyl sites for hydroxylation is 2. The lowest BCUT2D eigenvalue weighted by Crippen LogP contribution is -2.16. The minimum Gasteiger partial charge on any atom is -0.494 e. The number of nitrogens with zero attached hydrogens (tertiary/aromatic N) is 2. The molecule has 0 saturated heterocycles. The Bertz CT molecular complexity index is 1440. The summed E-state index contributed by atoms with van der Waals surface area (Å²) in [6, 6.07) is 14.5. The Morgan fingerprint density at radius 3 is 2.63 bits per heavy atom. The molecule has 0 saturated carbocycles. The highest BCUT2D eigenvalue weighted by Crippen LogP contribution is 2.25. The molecular weight excluding hydrogens is 446 g/mol. The summed E-state index contributed by atoms with van der Waals surface area (Å²) < 4.78 is 18.0. The second-order valence-corrected chi connectivity index (χ2v) is 8.10. The molecule has 1 amide bonds. The lowest BCUT2D eigenvalue weighted by Gasteiger charge is -2.14. The number of hydrazone groups is 1. The number of carbonyl (C=O) groups is 2. The van der Waals surface area contributed by atoms with Crippen molar-refractivity contribution >= 4 is 29.1 Å². The Morgan fingerprint density at radius 2 is 1.89 bits per heavy atom. The highest BCUT2D eigenvalue weighted by molar-refractivity contribution is 5.97. The fraction of sp³-hybridized carbons (Fsp3) is 0.222. The second kappa shape index (κ2) is 9.89. The average Bonchev–Trinajstić information content (AvgIpc) is 3.39. The summed E-state index contributed by atoms with van der Waals surface area (Å²) in [4.78, 5) is 24.6. The molecule has 2 aromatic heterocycles. The third kappa shape index (κ3) is 4.82. The lowest BCUT2D eigenvalue weighted by atomic mass is 10.1. The number of benzene rings is 2. The van der Waals surface area contributed by atoms with Crippen molar-refractivity contribution in [3.8, 4) is 11.4 Å². The molecule has 8 nitrogen and oxygen atoms in total. The largest absolute Gasteiger partial charge is 0.494 e. The van der Waals surface area contributed by atoms with Crippen LogP contribution in [0.15, 0.2) is 58.0 Å². The molecule has 1 N–H and O–H groups in total. The number of esters is 1. The van der Waals surface area contributed by atoms with Gasteiger partial charge in [0.15, 0.2) is 5.76 Å². The standard InChI is InChI=1S/C27H27N3O5/c1-6-34-22-9-10-24-20(12-22)14-25(35-24)26(31)29-28-15-21-11-17(3)30(18(21)4)23-13-19(27(32)33-5)8-7-16(23)2/h7-15H,6H2,1-5H3,(H,29,31)/b28-15+. The number of rotatable bonds is 7. The molecule has 4 aromatic rings. The van der Waals surface area contributed by atoms with Crippen LogP contribution in [0.3, 0.4) is 0 Å². The van der Waals surface area contributed by atoms with Crippen LogP contribution in [-0.4, -0.2) is 36.4 Å². The van der Waals surface area contributed by atoms with E-state index in [1.807, 2.05) is 56.5 Å². The summed E-state index contributed by atoms with van der Waals surface area (Å²) in [5.41, 5.74) is 8.18. The van der Waals surface area contributed by atoms with Crippen LogP contribution < -0.4 is 10.2 Å². The SMILES string of the molecule is CCOc1ccc2oc(C(=O)N/N=C/c3cc(C)n(-c4cc(C(=O)OC)ccc4C)c3C)cc2c1. The number of amides is 1. The zero-order valence-corrected chi connectivity index (χ0v) is 20.3. The van der Waals surface area contributed by atoms with E-state index in [9.17, 15) is 9.59 Å². The Labute approximate surface area is 203 Å². The van der Waals surface area contributed by atoms with E-state index in [1.54, 1.807) is 30.5 Å². The third-order valence-corrected chi connectivity index (χ3v) is 5.73. The molecule has 0 aliphatic rings. The van der Waals surface area contributed by atoms with Crippen molar-refractivity contribution < 1.29 is 23.5 Å². The molecule has 35 heavy (non-hydrogen) atoms. The van der Waals surface area contributed by atoms with Gasteiger partial charge in [-0.1, -0.05) is 6.07 Å². The lowest BCUT2D eigenvalue weighted by molar-refractivity contribution is 0.0600. The number of furan rings is 1. The van der Waals surface area contributed by atoms with Crippen LogP contribution >= 0.6 is 0 Å². The molecule has 0 aliphatic carbocycles. The molecule has 8 heteroatoms. The van der Waals surface area contributed by atoms with E-state index in [4.69, 9.17) is 13.9 Å². The number of fused-ring (bicyclic) bond motifs is 1. The van der Waals surface area contributed by atoms with Gasteiger partial charge in [-0.2, -0.15) is 5.10 Å². The van der Waals surface area contributed by atoms with Crippen LogP contribution in [-0.2, 0) is 4.74 Å². The van der Waals surface area contributed by atoms with Crippen LogP contribution in [0.25, 0.3) is 16.7 Å². The minimum atomic E-state index is -0.453. The quantitative estimate of drug-likeness (QED) is 0.229. The Morgan fingerprint density at radius 1 is 1.09 bits per heavy atom. The normalized spacial score (nSPS) is 11.2. The molecule has 0 bridgehead atoms. The molecule has 4 rings (SSSR count). The van der Waals surface area contributed by atoms with Crippen molar-refractivity contribution in [3.05, 3.63) is 82.4 Å². The predicted molar refractivity (Wildman–Crippen MR) is 134 cm³/mol. The maximum Gasteiger partial charge on any atom is 0.337 e. The molecule has 0 unspecified atom stereocenters. The first-order chi connectivity index (χ1) is 16.8. The van der Waals surface area contributed by atoms with E-state index in [2.05, 4.69) is 10.5 Å². The van der Waals surface area contributed by atoms with Crippen LogP contribution in [0, 0.1) is 20.8 Å². The number of carbonyl (C=O) groups excluding carboxylic acids is 2. The monoisotopic (exact) mass is 473 g/mol. The number of hydrogen-bond acceptors (Lipinski definition) is 6. The summed E-state index contributed by atoms with van der Waals surface area (Å²) in [6.45, 7) is 8.37. The minimum absolute atomic E-state index is 0.159. The fourth-order valence-corrected chi connectivity index (χ4v) is 3.99.